The summed E-state index contributed by atoms with van der Waals surface area (Å²) in [5, 5.41) is 0.414. The van der Waals surface area contributed by atoms with Crippen molar-refractivity contribution in [3.63, 3.8) is 0 Å². The van der Waals surface area contributed by atoms with E-state index in [1.54, 1.807) is 7.11 Å². The zero-order valence-electron chi connectivity index (χ0n) is 10.1. The lowest BCUT2D eigenvalue weighted by Crippen LogP contribution is -2.10. The lowest BCUT2D eigenvalue weighted by molar-refractivity contribution is 0.200. The van der Waals surface area contributed by atoms with E-state index in [9.17, 15) is 0 Å². The van der Waals surface area contributed by atoms with Crippen LogP contribution in [0.25, 0.3) is 0 Å². The average Bonchev–Trinajstić information content (AvgIpc) is 2.31. The molecule has 0 aromatic heterocycles. The molecule has 0 fully saturated rings. The van der Waals surface area contributed by atoms with Crippen molar-refractivity contribution in [2.45, 2.75) is 18.6 Å². The Morgan fingerprint density at radius 2 is 2.00 bits per heavy atom. The van der Waals surface area contributed by atoms with Crippen molar-refractivity contribution < 1.29 is 4.74 Å². The van der Waals surface area contributed by atoms with Crippen molar-refractivity contribution in [3.8, 4) is 0 Å². The van der Waals surface area contributed by atoms with Crippen LogP contribution in [0, 0.1) is 6.92 Å². The van der Waals surface area contributed by atoms with Crippen LogP contribution in [0.2, 0.25) is 0 Å². The summed E-state index contributed by atoms with van der Waals surface area (Å²) in [6.45, 7) is 3.63. The minimum absolute atomic E-state index is 0.414. The zero-order chi connectivity index (χ0) is 11.8. The lowest BCUT2D eigenvalue weighted by Gasteiger charge is -2.14. The number of methoxy groups -OCH3 is 1. The standard InChI is InChI=1S/C13H21NOS/c1-11-4-6-12(7-5-11)13(10-14)16-9-3-8-15-2/h4-7,13H,3,8-10,14H2,1-2H3. The van der Waals surface area contributed by atoms with Crippen LogP contribution in [0.4, 0.5) is 0 Å². The van der Waals surface area contributed by atoms with Crippen LogP contribution in [-0.4, -0.2) is 26.0 Å². The largest absolute Gasteiger partial charge is 0.385 e. The second-order valence-electron chi connectivity index (χ2n) is 3.85. The maximum Gasteiger partial charge on any atom is 0.0470 e. The van der Waals surface area contributed by atoms with Crippen LogP contribution in [0.5, 0.6) is 0 Å². The Balaban J connectivity index is 2.44. The van der Waals surface area contributed by atoms with Crippen molar-refractivity contribution in [3.05, 3.63) is 35.4 Å². The van der Waals surface area contributed by atoms with Crippen molar-refractivity contribution in [1.29, 1.82) is 0 Å². The molecule has 0 bridgehead atoms. The molecule has 0 aliphatic rings. The Morgan fingerprint density at radius 1 is 1.31 bits per heavy atom. The molecule has 1 rings (SSSR count). The number of ether oxygens (including phenoxy) is 1. The van der Waals surface area contributed by atoms with E-state index >= 15 is 0 Å². The molecule has 90 valence electrons. The van der Waals surface area contributed by atoms with Crippen LogP contribution < -0.4 is 5.73 Å². The Morgan fingerprint density at radius 3 is 2.56 bits per heavy atom. The maximum absolute atomic E-state index is 5.81. The molecule has 0 radical (unpaired) electrons. The first kappa shape index (κ1) is 13.6. The summed E-state index contributed by atoms with van der Waals surface area (Å²) in [6.07, 6.45) is 1.09. The van der Waals surface area contributed by atoms with E-state index in [0.29, 0.717) is 11.8 Å². The summed E-state index contributed by atoms with van der Waals surface area (Å²) in [5.41, 5.74) is 8.43. The van der Waals surface area contributed by atoms with E-state index in [0.717, 1.165) is 18.8 Å². The van der Waals surface area contributed by atoms with Gasteiger partial charge in [-0.05, 0) is 24.7 Å². The van der Waals surface area contributed by atoms with Crippen molar-refractivity contribution >= 4 is 11.8 Å². The Hall–Kier alpha value is -0.510. The highest BCUT2D eigenvalue weighted by molar-refractivity contribution is 7.99. The third-order valence-corrected chi connectivity index (χ3v) is 3.87. The molecule has 0 heterocycles. The van der Waals surface area contributed by atoms with Gasteiger partial charge in [0.25, 0.3) is 0 Å². The number of rotatable bonds is 7. The van der Waals surface area contributed by atoms with Gasteiger partial charge in [-0.3, -0.25) is 0 Å². The molecule has 3 heteroatoms. The van der Waals surface area contributed by atoms with Crippen molar-refractivity contribution in [1.82, 2.24) is 0 Å². The highest BCUT2D eigenvalue weighted by Gasteiger charge is 2.09. The van der Waals surface area contributed by atoms with Crippen LogP contribution >= 0.6 is 11.8 Å². The fraction of sp³-hybridized carbons (Fsp3) is 0.538. The summed E-state index contributed by atoms with van der Waals surface area (Å²) in [7, 11) is 1.74. The zero-order valence-corrected chi connectivity index (χ0v) is 10.9. The monoisotopic (exact) mass is 239 g/mol. The molecule has 0 spiro atoms. The molecular weight excluding hydrogens is 218 g/mol. The molecule has 0 amide bonds. The molecule has 16 heavy (non-hydrogen) atoms. The molecule has 1 unspecified atom stereocenters. The lowest BCUT2D eigenvalue weighted by atomic mass is 10.1. The normalized spacial score (nSPS) is 12.7. The van der Waals surface area contributed by atoms with Gasteiger partial charge in [0, 0.05) is 25.5 Å². The SMILES string of the molecule is COCCCSC(CN)c1ccc(C)cc1. The van der Waals surface area contributed by atoms with Gasteiger partial charge in [0.1, 0.15) is 0 Å². The Bertz CT molecular complexity index is 286. The van der Waals surface area contributed by atoms with E-state index in [-0.39, 0.29) is 0 Å². The Kier molecular flexibility index (Phi) is 6.53. The van der Waals surface area contributed by atoms with Gasteiger partial charge in [-0.15, -0.1) is 0 Å². The highest BCUT2D eigenvalue weighted by atomic mass is 32.2. The minimum Gasteiger partial charge on any atom is -0.385 e. The van der Waals surface area contributed by atoms with Gasteiger partial charge in [-0.25, -0.2) is 0 Å². The van der Waals surface area contributed by atoms with Crippen LogP contribution in [0.1, 0.15) is 22.8 Å². The fourth-order valence-corrected chi connectivity index (χ4v) is 2.57. The third-order valence-electron chi connectivity index (χ3n) is 2.48. The number of benzene rings is 1. The predicted octanol–water partition coefficient (Wildman–Crippen LogP) is 2.76. The molecule has 0 aliphatic carbocycles. The van der Waals surface area contributed by atoms with Gasteiger partial charge >= 0.3 is 0 Å². The first-order valence-corrected chi connectivity index (χ1v) is 6.70. The third kappa shape index (κ3) is 4.56. The number of hydrogen-bond acceptors (Lipinski definition) is 3. The first-order valence-electron chi connectivity index (χ1n) is 5.65. The summed E-state index contributed by atoms with van der Waals surface area (Å²) in [5.74, 6) is 1.10. The maximum atomic E-state index is 5.81. The predicted molar refractivity (Wildman–Crippen MR) is 71.9 cm³/mol. The van der Waals surface area contributed by atoms with E-state index < -0.39 is 0 Å². The minimum atomic E-state index is 0.414. The van der Waals surface area contributed by atoms with Crippen molar-refractivity contribution in [2.75, 3.05) is 26.0 Å². The number of thioether (sulfide) groups is 1. The molecule has 0 aliphatic heterocycles. The van der Waals surface area contributed by atoms with Gasteiger partial charge in [0.15, 0.2) is 0 Å². The average molecular weight is 239 g/mol. The summed E-state index contributed by atoms with van der Waals surface area (Å²) in [4.78, 5) is 0. The van der Waals surface area contributed by atoms with E-state index in [1.807, 2.05) is 11.8 Å². The number of aryl methyl sites for hydroxylation is 1. The van der Waals surface area contributed by atoms with Crippen LogP contribution in [-0.2, 0) is 4.74 Å². The van der Waals surface area contributed by atoms with Gasteiger partial charge in [-0.1, -0.05) is 29.8 Å². The first-order chi connectivity index (χ1) is 7.77. The summed E-state index contributed by atoms with van der Waals surface area (Å²) in [6, 6.07) is 8.65. The quantitative estimate of drug-likeness (QED) is 0.743. The van der Waals surface area contributed by atoms with Crippen LogP contribution in [0.3, 0.4) is 0 Å². The van der Waals surface area contributed by atoms with Gasteiger partial charge in [0.2, 0.25) is 0 Å². The second kappa shape index (κ2) is 7.71. The van der Waals surface area contributed by atoms with Crippen molar-refractivity contribution in [2.24, 2.45) is 5.73 Å². The Labute approximate surface area is 103 Å². The van der Waals surface area contributed by atoms with Gasteiger partial charge in [0.05, 0.1) is 0 Å². The molecule has 0 saturated heterocycles. The summed E-state index contributed by atoms with van der Waals surface area (Å²) >= 11 is 1.92. The molecule has 1 atom stereocenters. The number of hydrogen-bond donors (Lipinski definition) is 1. The molecule has 0 saturated carbocycles. The highest BCUT2D eigenvalue weighted by Crippen LogP contribution is 2.28. The molecule has 2 N–H and O–H groups in total. The smallest absolute Gasteiger partial charge is 0.0470 e. The summed E-state index contributed by atoms with van der Waals surface area (Å²) < 4.78 is 5.03. The number of nitrogens with two attached hydrogens (primary N) is 1. The molecule has 1 aromatic carbocycles. The van der Waals surface area contributed by atoms with E-state index in [4.69, 9.17) is 10.5 Å². The fourth-order valence-electron chi connectivity index (χ4n) is 1.51. The van der Waals surface area contributed by atoms with Gasteiger partial charge < -0.3 is 10.5 Å². The van der Waals surface area contributed by atoms with E-state index in [2.05, 4.69) is 31.2 Å². The molecule has 1 aromatic rings. The second-order valence-corrected chi connectivity index (χ2v) is 5.16. The topological polar surface area (TPSA) is 35.2 Å². The van der Waals surface area contributed by atoms with Gasteiger partial charge in [-0.2, -0.15) is 11.8 Å². The molecular formula is C13H21NOS. The molecule has 2 nitrogen and oxygen atoms in total. The van der Waals surface area contributed by atoms with Crippen LogP contribution in [0.15, 0.2) is 24.3 Å². The van der Waals surface area contributed by atoms with E-state index in [1.165, 1.54) is 11.1 Å².